The minimum Gasteiger partial charge on any atom is -0.425 e. The summed E-state index contributed by atoms with van der Waals surface area (Å²) in [6, 6.07) is 4.28. The molecule has 14 heteroatoms. The maximum atomic E-state index is 13.3. The number of ether oxygens (including phenoxy) is 2. The summed E-state index contributed by atoms with van der Waals surface area (Å²) in [7, 11) is 1.45. The monoisotopic (exact) mass is 527 g/mol. The summed E-state index contributed by atoms with van der Waals surface area (Å²) in [5.41, 5.74) is -1.09. The lowest BCUT2D eigenvalue weighted by Crippen LogP contribution is -2.40. The van der Waals surface area contributed by atoms with Gasteiger partial charge < -0.3 is 19.9 Å². The van der Waals surface area contributed by atoms with Gasteiger partial charge in [0.2, 0.25) is 0 Å². The van der Waals surface area contributed by atoms with Crippen molar-refractivity contribution in [2.24, 2.45) is 7.05 Å². The van der Waals surface area contributed by atoms with E-state index in [9.17, 15) is 22.8 Å². The number of aliphatic hydroxyl groups excluding tert-OH is 1. The number of hydrogen-bond acceptors (Lipinski definition) is 7. The van der Waals surface area contributed by atoms with Gasteiger partial charge in [-0.1, -0.05) is 17.7 Å². The van der Waals surface area contributed by atoms with E-state index in [0.717, 1.165) is 16.7 Å². The van der Waals surface area contributed by atoms with E-state index in [4.69, 9.17) is 21.4 Å². The van der Waals surface area contributed by atoms with Crippen molar-refractivity contribution in [2.75, 3.05) is 6.61 Å². The third-order valence-corrected chi connectivity index (χ3v) is 5.54. The summed E-state index contributed by atoms with van der Waals surface area (Å²) in [4.78, 5) is 30.4. The van der Waals surface area contributed by atoms with Crippen molar-refractivity contribution in [3.63, 3.8) is 0 Å². The number of hydrogen-bond donors (Lipinski definition) is 2. The predicted octanol–water partition coefficient (Wildman–Crippen LogP) is 2.58. The molecule has 0 amide bonds. The number of dihydropyridines is 1. The molecule has 2 N–H and O–H groups in total. The smallest absolute Gasteiger partial charge is 0.425 e. The second-order valence-electron chi connectivity index (χ2n) is 7.84. The zero-order chi connectivity index (χ0) is 26.0. The first-order valence-corrected chi connectivity index (χ1v) is 11.1. The predicted molar refractivity (Wildman–Crippen MR) is 124 cm³/mol. The van der Waals surface area contributed by atoms with Crippen LogP contribution in [-0.4, -0.2) is 42.8 Å². The first-order chi connectivity index (χ1) is 17.1. The van der Waals surface area contributed by atoms with Crippen molar-refractivity contribution in [2.45, 2.75) is 31.9 Å². The number of aryl methyl sites for hydroxylation is 1. The van der Waals surface area contributed by atoms with Gasteiger partial charge in [0.15, 0.2) is 11.2 Å². The third-order valence-electron chi connectivity index (χ3n) is 5.31. The molecule has 1 aromatic carbocycles. The lowest BCUT2D eigenvalue weighted by Gasteiger charge is -2.19. The van der Waals surface area contributed by atoms with E-state index < -0.39 is 23.4 Å². The van der Waals surface area contributed by atoms with E-state index in [2.05, 4.69) is 15.0 Å². The van der Waals surface area contributed by atoms with Gasteiger partial charge in [0, 0.05) is 26.4 Å². The summed E-state index contributed by atoms with van der Waals surface area (Å²) < 4.78 is 50.8. The number of nitrogens with zero attached hydrogens (tertiary/aromatic N) is 4. The average molecular weight is 528 g/mol. The molecule has 0 saturated carbocycles. The highest BCUT2D eigenvalue weighted by molar-refractivity contribution is 6.31. The average Bonchev–Trinajstić information content (AvgIpc) is 3.17. The number of nitrogens with one attached hydrogen (secondary N) is 1. The van der Waals surface area contributed by atoms with Crippen molar-refractivity contribution in [3.05, 3.63) is 68.5 Å². The molecule has 3 heterocycles. The summed E-state index contributed by atoms with van der Waals surface area (Å²) in [5, 5.41) is 12.7. The number of rotatable bonds is 8. The molecule has 0 bridgehead atoms. The molecule has 0 spiro atoms. The van der Waals surface area contributed by atoms with Crippen molar-refractivity contribution in [1.82, 2.24) is 24.0 Å². The number of fused-ring (bicyclic) bond motifs is 1. The van der Waals surface area contributed by atoms with Gasteiger partial charge in [0.05, 0.1) is 17.6 Å². The van der Waals surface area contributed by atoms with Crippen LogP contribution >= 0.6 is 11.6 Å². The summed E-state index contributed by atoms with van der Waals surface area (Å²) >= 11 is 5.96. The molecular formula is C22H21ClF3N5O5. The first-order valence-electron chi connectivity index (χ1n) is 10.7. The number of imidazole rings is 1. The lowest BCUT2D eigenvalue weighted by atomic mass is 10.2. The third kappa shape index (κ3) is 5.41. The summed E-state index contributed by atoms with van der Waals surface area (Å²) in [5.74, 6) is -0.306. The largest absolute Gasteiger partial charge is 0.573 e. The molecule has 0 saturated heterocycles. The molecule has 0 radical (unpaired) electrons. The second kappa shape index (κ2) is 10.1. The highest BCUT2D eigenvalue weighted by Gasteiger charge is 2.31. The van der Waals surface area contributed by atoms with Gasteiger partial charge in [-0.25, -0.2) is 4.79 Å². The van der Waals surface area contributed by atoms with Gasteiger partial charge in [0.25, 0.3) is 5.56 Å². The molecule has 1 unspecified atom stereocenters. The fraction of sp³-hybridized carbons (Fsp3) is 0.318. The zero-order valence-corrected chi connectivity index (χ0v) is 19.6. The van der Waals surface area contributed by atoms with Gasteiger partial charge in [0.1, 0.15) is 11.5 Å². The number of allylic oxidation sites excluding steroid dienone is 2. The van der Waals surface area contributed by atoms with Crippen molar-refractivity contribution >= 4 is 22.8 Å². The highest BCUT2D eigenvalue weighted by Crippen LogP contribution is 2.28. The molecule has 3 aromatic rings. The Morgan fingerprint density at radius 1 is 1.17 bits per heavy atom. The fourth-order valence-electron chi connectivity index (χ4n) is 3.65. The van der Waals surface area contributed by atoms with Gasteiger partial charge in [-0.2, -0.15) is 4.98 Å². The molecule has 1 atom stereocenters. The Balaban J connectivity index is 1.78. The molecule has 0 aliphatic carbocycles. The number of alkyl halides is 3. The van der Waals surface area contributed by atoms with E-state index in [1.54, 1.807) is 18.4 Å². The summed E-state index contributed by atoms with van der Waals surface area (Å²) in [6.45, 7) is -0.0647. The number of halogens is 4. The van der Waals surface area contributed by atoms with Gasteiger partial charge >= 0.3 is 18.1 Å². The molecule has 1 aliphatic rings. The molecule has 0 fully saturated rings. The Morgan fingerprint density at radius 2 is 1.86 bits per heavy atom. The maximum Gasteiger partial charge on any atom is 0.573 e. The van der Waals surface area contributed by atoms with Gasteiger partial charge in [-0.05, 0) is 36.8 Å². The van der Waals surface area contributed by atoms with Crippen molar-refractivity contribution in [1.29, 1.82) is 0 Å². The minimum absolute atomic E-state index is 0.0000876. The zero-order valence-electron chi connectivity index (χ0n) is 18.8. The normalized spacial score (nSPS) is 15.6. The molecule has 1 aliphatic heterocycles. The Bertz CT molecular complexity index is 1440. The van der Waals surface area contributed by atoms with Crippen LogP contribution in [-0.2, 0) is 20.1 Å². The molecule has 192 valence electrons. The number of benzene rings is 1. The Morgan fingerprint density at radius 3 is 2.47 bits per heavy atom. The number of aromatic nitrogens is 4. The Hall–Kier alpha value is -3.71. The van der Waals surface area contributed by atoms with Crippen molar-refractivity contribution < 1.29 is 27.8 Å². The van der Waals surface area contributed by atoms with E-state index in [0.29, 0.717) is 5.03 Å². The summed E-state index contributed by atoms with van der Waals surface area (Å²) in [6.07, 6.45) is 0.390. The van der Waals surface area contributed by atoms with Crippen LogP contribution in [0.4, 0.5) is 13.2 Å². The maximum absolute atomic E-state index is 13.3. The van der Waals surface area contributed by atoms with Crippen LogP contribution in [0.25, 0.3) is 11.2 Å². The SMILES string of the molecule is Cn1c(=O)n(CCCO)c(=O)c2c1nc(Oc1ccc(OC(F)(F)F)cc1)n2CC1C=CC(Cl)=CN1. The Kier molecular flexibility index (Phi) is 7.13. The van der Waals surface area contributed by atoms with Crippen LogP contribution in [0.15, 0.2) is 57.2 Å². The van der Waals surface area contributed by atoms with E-state index >= 15 is 0 Å². The van der Waals surface area contributed by atoms with E-state index in [1.807, 2.05) is 0 Å². The van der Waals surface area contributed by atoms with Crippen LogP contribution in [0.3, 0.4) is 0 Å². The van der Waals surface area contributed by atoms with E-state index in [-0.39, 0.29) is 55.1 Å². The van der Waals surface area contributed by atoms with Crippen LogP contribution in [0, 0.1) is 0 Å². The topological polar surface area (TPSA) is 113 Å². The standard InChI is InChI=1S/C22H21ClF3N5O5/c1-29-18-17(19(33)30(21(29)34)9-2-10-32)31(12-14-4-3-13(23)11-27-14)20(28-18)35-15-5-7-16(8-6-15)36-22(24,25)26/h3-8,11,14,27,32H,2,9-10,12H2,1H3. The Labute approximate surface area is 206 Å². The number of aliphatic hydroxyl groups is 1. The van der Waals surface area contributed by atoms with Crippen LogP contribution in [0.2, 0.25) is 0 Å². The molecular weight excluding hydrogens is 507 g/mol. The van der Waals surface area contributed by atoms with Crippen LogP contribution in [0.1, 0.15) is 6.42 Å². The van der Waals surface area contributed by atoms with Crippen LogP contribution in [0.5, 0.6) is 17.5 Å². The van der Waals surface area contributed by atoms with Gasteiger partial charge in [-0.15, -0.1) is 13.2 Å². The van der Waals surface area contributed by atoms with Crippen molar-refractivity contribution in [3.8, 4) is 17.5 Å². The molecule has 10 nitrogen and oxygen atoms in total. The first kappa shape index (κ1) is 25.4. The second-order valence-corrected chi connectivity index (χ2v) is 8.27. The molecule has 4 rings (SSSR count). The molecule has 36 heavy (non-hydrogen) atoms. The molecule has 2 aromatic heterocycles. The van der Waals surface area contributed by atoms with Crippen LogP contribution < -0.4 is 26.0 Å². The van der Waals surface area contributed by atoms with Gasteiger partial charge in [-0.3, -0.25) is 18.5 Å². The van der Waals surface area contributed by atoms with E-state index in [1.165, 1.54) is 28.3 Å². The fourth-order valence-corrected chi connectivity index (χ4v) is 3.78. The lowest BCUT2D eigenvalue weighted by molar-refractivity contribution is -0.274. The minimum atomic E-state index is -4.84. The highest BCUT2D eigenvalue weighted by atomic mass is 35.5. The quantitative estimate of drug-likeness (QED) is 0.463.